The average molecular weight is 449 g/mol. The Morgan fingerprint density at radius 2 is 1.88 bits per heavy atom. The Morgan fingerprint density at radius 1 is 1.09 bits per heavy atom. The Hall–Kier alpha value is -2.75. The largest absolute Gasteiger partial charge is 0.383 e. The van der Waals surface area contributed by atoms with Gasteiger partial charge in [0.05, 0.1) is 24.4 Å². The van der Waals surface area contributed by atoms with Gasteiger partial charge in [-0.1, -0.05) is 0 Å². The fourth-order valence-electron chi connectivity index (χ4n) is 5.69. The molecule has 0 aliphatic carbocycles. The SMILES string of the molecule is Cc1cc(Nc2cc3nc(CN4CCOCC4)c(C4C[C@H]5CC[C@@H](C4)N5)cc3c(N)n2)n[nH]1. The molecule has 3 aliphatic rings. The summed E-state index contributed by atoms with van der Waals surface area (Å²) in [5.74, 6) is 2.39. The lowest BCUT2D eigenvalue weighted by molar-refractivity contribution is 0.0335. The number of nitrogens with one attached hydrogen (secondary N) is 3. The summed E-state index contributed by atoms with van der Waals surface area (Å²) in [6.45, 7) is 6.27. The first-order chi connectivity index (χ1) is 16.1. The van der Waals surface area contributed by atoms with E-state index in [1.54, 1.807) is 0 Å². The lowest BCUT2D eigenvalue weighted by Gasteiger charge is -2.32. The van der Waals surface area contributed by atoms with E-state index in [0.717, 1.165) is 49.4 Å². The summed E-state index contributed by atoms with van der Waals surface area (Å²) in [4.78, 5) is 12.3. The highest BCUT2D eigenvalue weighted by Gasteiger charge is 2.35. The highest BCUT2D eigenvalue weighted by molar-refractivity contribution is 5.91. The van der Waals surface area contributed by atoms with Crippen molar-refractivity contribution in [2.75, 3.05) is 37.4 Å². The molecular formula is C24H32N8O. The minimum absolute atomic E-state index is 0.505. The van der Waals surface area contributed by atoms with E-state index in [4.69, 9.17) is 15.5 Å². The Bertz CT molecular complexity index is 1140. The number of hydrogen-bond acceptors (Lipinski definition) is 8. The minimum atomic E-state index is 0.505. The van der Waals surface area contributed by atoms with Gasteiger partial charge in [0.25, 0.3) is 0 Å². The topological polar surface area (TPSA) is 117 Å². The van der Waals surface area contributed by atoms with Gasteiger partial charge in [-0.3, -0.25) is 15.0 Å². The van der Waals surface area contributed by atoms with E-state index in [0.29, 0.717) is 35.5 Å². The van der Waals surface area contributed by atoms with Crippen molar-refractivity contribution in [2.24, 2.45) is 0 Å². The van der Waals surface area contributed by atoms with Crippen LogP contribution in [0.4, 0.5) is 17.5 Å². The van der Waals surface area contributed by atoms with E-state index in [9.17, 15) is 0 Å². The van der Waals surface area contributed by atoms with Crippen LogP contribution in [0, 0.1) is 6.92 Å². The third-order valence-corrected chi connectivity index (χ3v) is 7.31. The zero-order chi connectivity index (χ0) is 22.4. The molecule has 1 unspecified atom stereocenters. The number of fused-ring (bicyclic) bond motifs is 3. The molecule has 0 saturated carbocycles. The molecule has 0 radical (unpaired) electrons. The number of piperidine rings is 1. The molecule has 0 amide bonds. The maximum absolute atomic E-state index is 6.46. The summed E-state index contributed by atoms with van der Waals surface area (Å²) in [6, 6.07) is 7.45. The smallest absolute Gasteiger partial charge is 0.153 e. The van der Waals surface area contributed by atoms with Gasteiger partial charge in [-0.25, -0.2) is 4.98 Å². The van der Waals surface area contributed by atoms with Crippen LogP contribution in [-0.4, -0.2) is 63.5 Å². The van der Waals surface area contributed by atoms with Crippen LogP contribution in [0.25, 0.3) is 10.9 Å². The summed E-state index contributed by atoms with van der Waals surface area (Å²) in [6.07, 6.45) is 4.91. The molecule has 174 valence electrons. The second-order valence-corrected chi connectivity index (χ2v) is 9.74. The van der Waals surface area contributed by atoms with Crippen LogP contribution < -0.4 is 16.4 Å². The molecule has 3 aliphatic heterocycles. The van der Waals surface area contributed by atoms with E-state index >= 15 is 0 Å². The number of rotatable bonds is 5. The molecule has 2 bridgehead atoms. The molecule has 9 heteroatoms. The van der Waals surface area contributed by atoms with Crippen LogP contribution in [0.15, 0.2) is 18.2 Å². The molecule has 9 nitrogen and oxygen atoms in total. The number of aryl methyl sites for hydroxylation is 1. The summed E-state index contributed by atoms with van der Waals surface area (Å²) >= 11 is 0. The number of pyridine rings is 2. The third kappa shape index (κ3) is 4.28. The van der Waals surface area contributed by atoms with E-state index in [1.165, 1.54) is 36.9 Å². The number of nitrogens with zero attached hydrogens (tertiary/aromatic N) is 4. The van der Waals surface area contributed by atoms with Crippen molar-refractivity contribution in [1.82, 2.24) is 30.4 Å². The Kier molecular flexibility index (Phi) is 5.40. The summed E-state index contributed by atoms with van der Waals surface area (Å²) in [7, 11) is 0. The van der Waals surface area contributed by atoms with Gasteiger partial charge in [-0.15, -0.1) is 0 Å². The maximum Gasteiger partial charge on any atom is 0.153 e. The molecule has 3 aromatic rings. The first-order valence-corrected chi connectivity index (χ1v) is 12.1. The van der Waals surface area contributed by atoms with Gasteiger partial charge in [0, 0.05) is 54.9 Å². The molecule has 3 saturated heterocycles. The Balaban J connectivity index is 1.38. The quantitative estimate of drug-likeness (QED) is 0.471. The number of morpholine rings is 1. The predicted octanol–water partition coefficient (Wildman–Crippen LogP) is 2.82. The van der Waals surface area contributed by atoms with Crippen LogP contribution in [-0.2, 0) is 11.3 Å². The molecule has 5 N–H and O–H groups in total. The maximum atomic E-state index is 6.46. The predicted molar refractivity (Wildman–Crippen MR) is 129 cm³/mol. The van der Waals surface area contributed by atoms with Crippen molar-refractivity contribution in [2.45, 2.75) is 57.2 Å². The van der Waals surface area contributed by atoms with Crippen molar-refractivity contribution >= 4 is 28.4 Å². The molecule has 0 spiro atoms. The van der Waals surface area contributed by atoms with Crippen LogP contribution in [0.1, 0.15) is 48.6 Å². The third-order valence-electron chi connectivity index (χ3n) is 7.31. The lowest BCUT2D eigenvalue weighted by atomic mass is 9.84. The molecule has 3 aromatic heterocycles. The van der Waals surface area contributed by atoms with Crippen LogP contribution in [0.5, 0.6) is 0 Å². The van der Waals surface area contributed by atoms with Crippen molar-refractivity contribution in [1.29, 1.82) is 0 Å². The number of nitrogens with two attached hydrogens (primary N) is 1. The standard InChI is InChI=1S/C24H32N8O/c1-14-8-23(31-30-14)28-22-12-20-19(24(25)29-22)11-18(15-9-16-2-3-17(10-15)26-16)21(27-20)13-32-4-6-33-7-5-32/h8,11-12,15-17,26H,2-7,9-10,13H2,1H3,(H4,25,28,29,30,31)/t15?,16-,17+. The number of nitrogen functional groups attached to an aromatic ring is 1. The van der Waals surface area contributed by atoms with Crippen molar-refractivity contribution in [3.63, 3.8) is 0 Å². The number of hydrogen-bond donors (Lipinski definition) is 4. The number of H-pyrrole nitrogens is 1. The van der Waals surface area contributed by atoms with Crippen molar-refractivity contribution in [3.8, 4) is 0 Å². The molecule has 6 rings (SSSR count). The van der Waals surface area contributed by atoms with Gasteiger partial charge >= 0.3 is 0 Å². The van der Waals surface area contributed by atoms with Gasteiger partial charge < -0.3 is 21.1 Å². The van der Waals surface area contributed by atoms with Crippen LogP contribution in [0.3, 0.4) is 0 Å². The van der Waals surface area contributed by atoms with Gasteiger partial charge in [0.1, 0.15) is 11.6 Å². The van der Waals surface area contributed by atoms with E-state index in [2.05, 4.69) is 36.8 Å². The molecule has 6 heterocycles. The Labute approximate surface area is 193 Å². The average Bonchev–Trinajstić information content (AvgIpc) is 3.37. The highest BCUT2D eigenvalue weighted by atomic mass is 16.5. The zero-order valence-electron chi connectivity index (χ0n) is 19.1. The molecule has 3 atom stereocenters. The fourth-order valence-corrected chi connectivity index (χ4v) is 5.69. The van der Waals surface area contributed by atoms with Gasteiger partial charge in [0.15, 0.2) is 5.82 Å². The first-order valence-electron chi connectivity index (χ1n) is 12.1. The highest BCUT2D eigenvalue weighted by Crippen LogP contribution is 2.40. The van der Waals surface area contributed by atoms with Crippen molar-refractivity contribution < 1.29 is 4.74 Å². The van der Waals surface area contributed by atoms with Crippen LogP contribution >= 0.6 is 0 Å². The van der Waals surface area contributed by atoms with Gasteiger partial charge in [-0.2, -0.15) is 5.10 Å². The fraction of sp³-hybridized carbons (Fsp3) is 0.542. The Morgan fingerprint density at radius 3 is 2.61 bits per heavy atom. The second kappa shape index (κ2) is 8.55. The monoisotopic (exact) mass is 448 g/mol. The normalized spacial score (nSPS) is 25.5. The minimum Gasteiger partial charge on any atom is -0.383 e. The number of aromatic amines is 1. The van der Waals surface area contributed by atoms with Gasteiger partial charge in [0.2, 0.25) is 0 Å². The summed E-state index contributed by atoms with van der Waals surface area (Å²) in [5, 5.41) is 15.1. The van der Waals surface area contributed by atoms with Gasteiger partial charge in [-0.05, 0) is 50.2 Å². The lowest BCUT2D eigenvalue weighted by Crippen LogP contribution is -2.38. The van der Waals surface area contributed by atoms with E-state index in [1.807, 2.05) is 19.1 Å². The molecule has 3 fully saturated rings. The van der Waals surface area contributed by atoms with E-state index in [-0.39, 0.29) is 0 Å². The molecular weight excluding hydrogens is 416 g/mol. The van der Waals surface area contributed by atoms with Crippen molar-refractivity contribution in [3.05, 3.63) is 35.2 Å². The number of ether oxygens (including phenoxy) is 1. The molecule has 33 heavy (non-hydrogen) atoms. The zero-order valence-corrected chi connectivity index (χ0v) is 19.1. The number of anilines is 3. The molecule has 0 aromatic carbocycles. The summed E-state index contributed by atoms with van der Waals surface area (Å²) < 4.78 is 5.57. The number of aromatic nitrogens is 4. The first kappa shape index (κ1) is 20.8. The van der Waals surface area contributed by atoms with E-state index < -0.39 is 0 Å². The second-order valence-electron chi connectivity index (χ2n) is 9.74. The van der Waals surface area contributed by atoms with Crippen LogP contribution in [0.2, 0.25) is 0 Å². The summed E-state index contributed by atoms with van der Waals surface area (Å²) in [5.41, 5.74) is 10.8.